The predicted molar refractivity (Wildman–Crippen MR) is 240 cm³/mol. The van der Waals surface area contributed by atoms with Crippen molar-refractivity contribution in [3.8, 4) is 17.2 Å². The molecule has 0 fully saturated rings. The molecule has 3 atom stereocenters. The molecule has 3 amide bonds. The SMILES string of the molecule is COc1cc2c(cc1OCc1cc(COc3cc4c(cc3C)C(=O)N3c5ccccc5C[C@H]3C(O)C4)cc(NC(=O)CCC(C)(C)S)c1)CC[C@@H]1Cc3ccccc3N1C2=O. The van der Waals surface area contributed by atoms with Crippen LogP contribution < -0.4 is 29.3 Å². The zero-order valence-corrected chi connectivity index (χ0v) is 35.9. The Labute approximate surface area is 362 Å². The maximum Gasteiger partial charge on any atom is 0.258 e. The van der Waals surface area contributed by atoms with Crippen molar-refractivity contribution >= 4 is 47.4 Å². The molecule has 0 saturated carbocycles. The molecule has 0 aromatic heterocycles. The van der Waals surface area contributed by atoms with Crippen molar-refractivity contribution in [1.82, 2.24) is 0 Å². The first-order valence-electron chi connectivity index (χ1n) is 21.1. The Balaban J connectivity index is 0.961. The molecule has 9 rings (SSSR count). The van der Waals surface area contributed by atoms with Crippen LogP contribution >= 0.6 is 12.6 Å². The molecule has 1 unspecified atom stereocenters. The molecule has 0 bridgehead atoms. The fourth-order valence-corrected chi connectivity index (χ4v) is 9.50. The average Bonchev–Trinajstić information content (AvgIpc) is 3.76. The number of hydrogen-bond acceptors (Lipinski definition) is 8. The first-order valence-corrected chi connectivity index (χ1v) is 21.5. The van der Waals surface area contributed by atoms with Gasteiger partial charge in [-0.25, -0.2) is 0 Å². The molecule has 10 nitrogen and oxygen atoms in total. The average molecular weight is 838 g/mol. The summed E-state index contributed by atoms with van der Waals surface area (Å²) in [7, 11) is 1.57. The van der Waals surface area contributed by atoms with E-state index in [1.807, 2.05) is 105 Å². The highest BCUT2D eigenvalue weighted by molar-refractivity contribution is 7.81. The monoisotopic (exact) mass is 837 g/mol. The van der Waals surface area contributed by atoms with Gasteiger partial charge in [0.1, 0.15) is 19.0 Å². The Morgan fingerprint density at radius 1 is 0.770 bits per heavy atom. The first kappa shape index (κ1) is 40.6. The van der Waals surface area contributed by atoms with E-state index in [9.17, 15) is 19.5 Å². The number of thiol groups is 1. The van der Waals surface area contributed by atoms with Crippen LogP contribution in [0.2, 0.25) is 0 Å². The fourth-order valence-electron chi connectivity index (χ4n) is 9.39. The highest BCUT2D eigenvalue weighted by Gasteiger charge is 2.42. The summed E-state index contributed by atoms with van der Waals surface area (Å²) < 4.78 is 18.4. The molecule has 11 heteroatoms. The minimum absolute atomic E-state index is 0.0275. The lowest BCUT2D eigenvalue weighted by molar-refractivity contribution is -0.116. The lowest BCUT2D eigenvalue weighted by Crippen LogP contribution is -2.43. The molecule has 0 radical (unpaired) electrons. The standard InChI is InChI=1S/C50H51N3O7S/c1-29-17-38-35(23-43(54)42-22-34-10-6-8-12-41(34)53(42)49(38)57)25-44(29)59-27-30-18-31(20-36(19-30)51-47(55)15-16-50(2,3)61)28-60-46-24-32-13-14-37-21-33-9-5-7-11-40(33)52(37)48(56)39(32)26-45(46)58-4/h5-12,17-20,24-26,37,42-43,54,61H,13-16,21-23,27-28H2,1-4H3,(H,51,55)/t37-,42+,43?/m1/s1. The number of carbonyl (C=O) groups is 3. The van der Waals surface area contributed by atoms with Crippen molar-refractivity contribution in [1.29, 1.82) is 0 Å². The van der Waals surface area contributed by atoms with E-state index in [1.54, 1.807) is 18.1 Å². The van der Waals surface area contributed by atoms with E-state index in [-0.39, 0.29) is 47.8 Å². The molecule has 5 aromatic rings. The molecule has 0 spiro atoms. The molecular weight excluding hydrogens is 787 g/mol. The number of rotatable bonds is 11. The number of nitrogens with zero attached hydrogens (tertiary/aromatic N) is 2. The van der Waals surface area contributed by atoms with E-state index < -0.39 is 6.10 Å². The van der Waals surface area contributed by atoms with Crippen LogP contribution in [0.25, 0.3) is 0 Å². The number of aliphatic hydroxyl groups is 1. The molecule has 4 heterocycles. The van der Waals surface area contributed by atoms with Crippen LogP contribution in [-0.2, 0) is 43.7 Å². The zero-order chi connectivity index (χ0) is 42.6. The van der Waals surface area contributed by atoms with Gasteiger partial charge in [-0.1, -0.05) is 50.2 Å². The van der Waals surface area contributed by atoms with Crippen molar-refractivity contribution in [2.45, 2.75) is 102 Å². The summed E-state index contributed by atoms with van der Waals surface area (Å²) in [6, 6.07) is 29.0. The third-order valence-corrected chi connectivity index (χ3v) is 12.7. The van der Waals surface area contributed by atoms with Crippen molar-refractivity contribution in [2.75, 3.05) is 22.2 Å². The second kappa shape index (κ2) is 16.2. The second-order valence-corrected chi connectivity index (χ2v) is 18.7. The zero-order valence-electron chi connectivity index (χ0n) is 35.0. The number of ether oxygens (including phenoxy) is 3. The van der Waals surface area contributed by atoms with Crippen molar-refractivity contribution in [2.24, 2.45) is 0 Å². The lowest BCUT2D eigenvalue weighted by atomic mass is 9.96. The Morgan fingerprint density at radius 3 is 2.10 bits per heavy atom. The Morgan fingerprint density at radius 2 is 1.39 bits per heavy atom. The second-order valence-electron chi connectivity index (χ2n) is 17.5. The quantitative estimate of drug-likeness (QED) is 0.114. The van der Waals surface area contributed by atoms with Crippen LogP contribution in [-0.4, -0.2) is 52.9 Å². The van der Waals surface area contributed by atoms with Gasteiger partial charge in [-0.2, -0.15) is 12.6 Å². The van der Waals surface area contributed by atoms with Crippen LogP contribution in [0.1, 0.15) is 92.8 Å². The Hall–Kier alpha value is -5.78. The lowest BCUT2D eigenvalue weighted by Gasteiger charge is -2.26. The summed E-state index contributed by atoms with van der Waals surface area (Å²) in [5, 5.41) is 14.5. The van der Waals surface area contributed by atoms with Gasteiger partial charge >= 0.3 is 0 Å². The number of hydrogen-bond donors (Lipinski definition) is 3. The number of amides is 3. The highest BCUT2D eigenvalue weighted by Crippen LogP contribution is 2.42. The van der Waals surface area contributed by atoms with Crippen molar-refractivity contribution in [3.63, 3.8) is 0 Å². The van der Waals surface area contributed by atoms with Gasteiger partial charge in [0.15, 0.2) is 11.5 Å². The number of fused-ring (bicyclic) bond motifs is 8. The number of carbonyl (C=O) groups excluding carboxylic acids is 3. The van der Waals surface area contributed by atoms with E-state index in [1.165, 1.54) is 5.56 Å². The van der Waals surface area contributed by atoms with Crippen LogP contribution in [0.5, 0.6) is 17.2 Å². The first-order chi connectivity index (χ1) is 29.3. The molecule has 0 saturated heterocycles. The summed E-state index contributed by atoms with van der Waals surface area (Å²) in [6.07, 6.45) is 3.51. The smallest absolute Gasteiger partial charge is 0.258 e. The van der Waals surface area contributed by atoms with Gasteiger partial charge in [-0.15, -0.1) is 0 Å². The van der Waals surface area contributed by atoms with Crippen LogP contribution in [0.4, 0.5) is 17.1 Å². The Bertz CT molecular complexity index is 2570. The summed E-state index contributed by atoms with van der Waals surface area (Å²) in [5.41, 5.74) is 9.95. The van der Waals surface area contributed by atoms with E-state index in [0.29, 0.717) is 59.7 Å². The maximum absolute atomic E-state index is 14.0. The number of benzene rings is 5. The van der Waals surface area contributed by atoms with Gasteiger partial charge in [-0.05, 0) is 133 Å². The summed E-state index contributed by atoms with van der Waals surface area (Å²) >= 11 is 4.60. The largest absolute Gasteiger partial charge is 0.493 e. The number of aliphatic hydroxyl groups excluding tert-OH is 1. The van der Waals surface area contributed by atoms with Gasteiger partial charge in [0.2, 0.25) is 5.91 Å². The maximum atomic E-state index is 14.0. The minimum Gasteiger partial charge on any atom is -0.493 e. The van der Waals surface area contributed by atoms with Gasteiger partial charge in [0.25, 0.3) is 11.8 Å². The van der Waals surface area contributed by atoms with Crippen LogP contribution in [0.3, 0.4) is 0 Å². The number of nitrogens with one attached hydrogen (secondary N) is 1. The molecule has 61 heavy (non-hydrogen) atoms. The highest BCUT2D eigenvalue weighted by atomic mass is 32.1. The molecular formula is C50H51N3O7S. The van der Waals surface area contributed by atoms with Gasteiger partial charge in [0, 0.05) is 51.8 Å². The van der Waals surface area contributed by atoms with Gasteiger partial charge in [-0.3, -0.25) is 14.4 Å². The topological polar surface area (TPSA) is 118 Å². The molecule has 2 N–H and O–H groups in total. The van der Waals surface area contributed by atoms with Crippen molar-refractivity contribution < 1.29 is 33.7 Å². The number of methoxy groups -OCH3 is 1. The molecule has 4 aliphatic heterocycles. The normalized spacial score (nSPS) is 18.8. The number of para-hydroxylation sites is 2. The fraction of sp³-hybridized carbons (Fsp3) is 0.340. The van der Waals surface area contributed by atoms with E-state index >= 15 is 0 Å². The Kier molecular flexibility index (Phi) is 10.8. The van der Waals surface area contributed by atoms with E-state index in [0.717, 1.165) is 64.0 Å². The summed E-state index contributed by atoms with van der Waals surface area (Å²) in [5.74, 6) is 1.33. The van der Waals surface area contributed by atoms with Crippen molar-refractivity contribution in [3.05, 3.63) is 141 Å². The van der Waals surface area contributed by atoms with Gasteiger partial charge < -0.3 is 34.4 Å². The van der Waals surface area contributed by atoms with Crippen LogP contribution in [0.15, 0.2) is 91.0 Å². The third-order valence-electron chi connectivity index (χ3n) is 12.5. The number of anilines is 3. The van der Waals surface area contributed by atoms with E-state index in [2.05, 4.69) is 24.0 Å². The minimum atomic E-state index is -0.738. The predicted octanol–water partition coefficient (Wildman–Crippen LogP) is 8.59. The van der Waals surface area contributed by atoms with Gasteiger partial charge in [0.05, 0.1) is 19.3 Å². The summed E-state index contributed by atoms with van der Waals surface area (Å²) in [6.45, 7) is 6.21. The summed E-state index contributed by atoms with van der Waals surface area (Å²) in [4.78, 5) is 44.9. The molecule has 314 valence electrons. The molecule has 5 aromatic carbocycles. The third kappa shape index (κ3) is 8.09. The number of aryl methyl sites for hydroxylation is 2. The van der Waals surface area contributed by atoms with E-state index in [4.69, 9.17) is 14.2 Å². The van der Waals surface area contributed by atoms with Crippen LogP contribution in [0, 0.1) is 6.92 Å². The molecule has 4 aliphatic rings. The molecule has 0 aliphatic carbocycles.